The van der Waals surface area contributed by atoms with Gasteiger partial charge in [0.25, 0.3) is 0 Å². The number of halogens is 36. The molecule has 0 heterocycles. The Morgan fingerprint density at radius 2 is 0.325 bits per heavy atom. The molecule has 0 amide bonds. The number of benzene rings is 4. The van der Waals surface area contributed by atoms with Gasteiger partial charge >= 0.3 is 74.1 Å². The van der Waals surface area contributed by atoms with Crippen molar-refractivity contribution in [3.05, 3.63) is 115 Å². The van der Waals surface area contributed by atoms with Gasteiger partial charge in [-0.3, -0.25) is 0 Å². The van der Waals surface area contributed by atoms with E-state index >= 15 is 52.7 Å². The van der Waals surface area contributed by atoms with Gasteiger partial charge in [0.05, 0.1) is 66.8 Å². The second-order valence-corrected chi connectivity index (χ2v) is 21.5. The Morgan fingerprint density at radius 3 is 0.429 bits per heavy atom. The fraction of sp³-hybridized carbons (Fsp3) is 0.385. The van der Waals surface area contributed by atoms with Crippen LogP contribution in [-0.2, 0) is 74.1 Å². The third-order valence-corrected chi connectivity index (χ3v) is 17.1. The molecule has 0 aliphatic heterocycles. The molecule has 4 aromatic carbocycles. The van der Waals surface area contributed by atoms with Crippen LogP contribution in [0.5, 0.6) is 0 Å². The highest BCUT2D eigenvalue weighted by Gasteiger charge is 2.61. The number of hydrogen-bond donors (Lipinski definition) is 0. The smallest absolute Gasteiger partial charge is 0.166 e. The monoisotopic (exact) mass is 1230 g/mol. The van der Waals surface area contributed by atoms with E-state index < -0.39 is 245 Å². The second kappa shape index (κ2) is 19.2. The number of alkyl halides is 36. The number of rotatable bonds is 6. The second-order valence-electron chi connectivity index (χ2n) is 15.7. The standard InChI is InChI=1S/C39H14F36P2/c1-27(2,76(15-7-3-11(28(40,41)42)19(32(52,53)54)23(15)36(64,65)66)16-8-4-12(29(43,44)45)20(33(55,56)57)24(16)37(67,68)69)77(17-9-5-13(30(46,47)48)21(34(58,59)60)25(17)38(70,71)72)18-10-6-14(31(49,50)51)22(35(61,62)63)26(18)39(73,74)75/h3-10H,1-2H3. The first-order valence-corrected chi connectivity index (χ1v) is 21.5. The van der Waals surface area contributed by atoms with E-state index in [2.05, 4.69) is 0 Å². The quantitative estimate of drug-likeness (QED) is 0.133. The minimum Gasteiger partial charge on any atom is -0.166 e. The summed E-state index contributed by atoms with van der Waals surface area (Å²) in [6.07, 6.45) is -86.8. The van der Waals surface area contributed by atoms with Crippen molar-refractivity contribution in [2.24, 2.45) is 0 Å². The Labute approximate surface area is 403 Å². The van der Waals surface area contributed by atoms with E-state index in [9.17, 15) is 105 Å². The molecule has 0 aliphatic carbocycles. The summed E-state index contributed by atoms with van der Waals surface area (Å²) in [6, 6.07) is -10.2. The fourth-order valence-electron chi connectivity index (χ4n) is 7.92. The van der Waals surface area contributed by atoms with Crippen LogP contribution in [0, 0.1) is 0 Å². The molecular formula is C39H14F36P2. The van der Waals surface area contributed by atoms with Crippen LogP contribution in [0.25, 0.3) is 0 Å². The fourth-order valence-corrected chi connectivity index (χ4v) is 15.6. The van der Waals surface area contributed by atoms with Crippen LogP contribution in [-0.4, -0.2) is 4.90 Å². The van der Waals surface area contributed by atoms with Gasteiger partial charge in [0.15, 0.2) is 0 Å². The van der Waals surface area contributed by atoms with Crippen LogP contribution in [0.15, 0.2) is 48.5 Å². The highest BCUT2D eigenvalue weighted by molar-refractivity contribution is 7.91. The summed E-state index contributed by atoms with van der Waals surface area (Å²) in [7, 11) is -12.2. The first-order valence-electron chi connectivity index (χ1n) is 18.8. The SMILES string of the molecule is CC(C)(P(c1ccc(C(F)(F)F)c(C(F)(F)F)c1C(F)(F)F)c1ccc(C(F)(F)F)c(C(F)(F)F)c1C(F)(F)F)P(c1ccc(C(F)(F)F)c(C(F)(F)F)c1C(F)(F)F)c1ccc(C(F)(F)F)c(C(F)(F)F)c1C(F)(F)F. The van der Waals surface area contributed by atoms with Gasteiger partial charge in [-0.05, 0) is 61.3 Å². The maximum absolute atomic E-state index is 15.3. The minimum atomic E-state index is -7.47. The van der Waals surface area contributed by atoms with Crippen molar-refractivity contribution in [3.8, 4) is 0 Å². The molecule has 0 saturated heterocycles. The molecule has 0 spiro atoms. The van der Waals surface area contributed by atoms with Gasteiger partial charge in [0.2, 0.25) is 0 Å². The molecule has 77 heavy (non-hydrogen) atoms. The summed E-state index contributed by atoms with van der Waals surface area (Å²) in [6.45, 7) is -1.40. The lowest BCUT2D eigenvalue weighted by Gasteiger charge is -2.46. The van der Waals surface area contributed by atoms with E-state index in [-0.39, 0.29) is 0 Å². The minimum absolute atomic E-state index is 0.698. The summed E-state index contributed by atoms with van der Waals surface area (Å²) in [4.78, 5) is -4.92. The molecule has 0 nitrogen and oxygen atoms in total. The van der Waals surface area contributed by atoms with Gasteiger partial charge in [-0.15, -0.1) is 0 Å². The van der Waals surface area contributed by atoms with Gasteiger partial charge in [-0.2, -0.15) is 158 Å². The summed E-state index contributed by atoms with van der Waals surface area (Å²) < 4.78 is 531. The largest absolute Gasteiger partial charge is 0.417 e. The van der Waals surface area contributed by atoms with E-state index in [0.29, 0.717) is 0 Å². The summed E-state index contributed by atoms with van der Waals surface area (Å²) in [5, 5.41) is -13.2. The zero-order chi connectivity index (χ0) is 60.5. The van der Waals surface area contributed by atoms with E-state index in [4.69, 9.17) is 0 Å². The van der Waals surface area contributed by atoms with E-state index in [1.165, 1.54) is 0 Å². The topological polar surface area (TPSA) is 0 Å². The van der Waals surface area contributed by atoms with E-state index in [1.807, 2.05) is 0 Å². The average molecular weight is 1230 g/mol. The molecule has 0 bridgehead atoms. The zero-order valence-electron chi connectivity index (χ0n) is 35.6. The van der Waals surface area contributed by atoms with E-state index in [1.54, 1.807) is 0 Å². The first kappa shape index (κ1) is 64.7. The third-order valence-electron chi connectivity index (χ3n) is 10.3. The van der Waals surface area contributed by atoms with Gasteiger partial charge in [0.1, 0.15) is 0 Å². The average Bonchev–Trinajstić information content (AvgIpc) is 3.15. The molecule has 4 rings (SSSR count). The Bertz CT molecular complexity index is 2480. The van der Waals surface area contributed by atoms with Crippen molar-refractivity contribution < 1.29 is 158 Å². The van der Waals surface area contributed by atoms with Crippen molar-refractivity contribution in [1.82, 2.24) is 0 Å². The molecule has 0 atom stereocenters. The Kier molecular flexibility index (Phi) is 16.1. The van der Waals surface area contributed by atoms with Crippen molar-refractivity contribution in [2.45, 2.75) is 92.9 Å². The predicted octanol–water partition coefficient (Wildman–Crippen LogP) is 18.2. The van der Waals surface area contributed by atoms with Crippen molar-refractivity contribution in [3.63, 3.8) is 0 Å². The molecule has 4 aromatic rings. The van der Waals surface area contributed by atoms with Crippen LogP contribution < -0.4 is 21.2 Å². The van der Waals surface area contributed by atoms with Crippen LogP contribution >= 0.6 is 15.8 Å². The summed E-state index contributed by atoms with van der Waals surface area (Å²) in [5.74, 6) is 0. The zero-order valence-corrected chi connectivity index (χ0v) is 37.4. The molecule has 0 fully saturated rings. The molecule has 0 unspecified atom stereocenters. The highest BCUT2D eigenvalue weighted by atomic mass is 31.2. The molecular weight excluding hydrogens is 1210 g/mol. The molecule has 0 N–H and O–H groups in total. The van der Waals surface area contributed by atoms with Crippen LogP contribution in [0.4, 0.5) is 158 Å². The Hall–Kier alpha value is -4.78. The van der Waals surface area contributed by atoms with Crippen molar-refractivity contribution >= 4 is 37.1 Å². The maximum Gasteiger partial charge on any atom is 0.417 e. The van der Waals surface area contributed by atoms with Crippen LogP contribution in [0.3, 0.4) is 0 Å². The normalized spacial score (nSPS) is 14.9. The van der Waals surface area contributed by atoms with Gasteiger partial charge in [-0.25, -0.2) is 0 Å². The maximum atomic E-state index is 15.3. The lowest BCUT2D eigenvalue weighted by Crippen LogP contribution is -2.43. The van der Waals surface area contributed by atoms with Crippen molar-refractivity contribution in [1.29, 1.82) is 0 Å². The third kappa shape index (κ3) is 12.8. The van der Waals surface area contributed by atoms with Gasteiger partial charge in [-0.1, -0.05) is 38.1 Å². The predicted molar refractivity (Wildman–Crippen MR) is 192 cm³/mol. The molecule has 432 valence electrons. The summed E-state index contributed by atoms with van der Waals surface area (Å²) in [5.41, 5.74) is -48.9. The molecule has 0 saturated carbocycles. The van der Waals surface area contributed by atoms with Crippen LogP contribution in [0.1, 0.15) is 80.6 Å². The lowest BCUT2D eigenvalue weighted by molar-refractivity contribution is -0.174. The van der Waals surface area contributed by atoms with E-state index in [0.717, 1.165) is 0 Å². The molecule has 0 radical (unpaired) electrons. The van der Waals surface area contributed by atoms with Crippen molar-refractivity contribution in [2.75, 3.05) is 0 Å². The lowest BCUT2D eigenvalue weighted by atomic mass is 9.99. The molecule has 0 aromatic heterocycles. The molecule has 0 aliphatic rings. The van der Waals surface area contributed by atoms with Gasteiger partial charge < -0.3 is 0 Å². The Morgan fingerprint density at radius 1 is 0.195 bits per heavy atom. The van der Waals surface area contributed by atoms with Gasteiger partial charge in [0, 0.05) is 4.90 Å². The first-order chi connectivity index (χ1) is 33.6. The summed E-state index contributed by atoms with van der Waals surface area (Å²) >= 11 is 0. The molecule has 38 heteroatoms. The van der Waals surface area contributed by atoms with Crippen LogP contribution in [0.2, 0.25) is 0 Å². The Balaban J connectivity index is 2.78. The number of hydrogen-bond acceptors (Lipinski definition) is 0. The highest BCUT2D eigenvalue weighted by Crippen LogP contribution is 2.70.